The average Bonchev–Trinajstić information content (AvgIpc) is 1.69. The summed E-state index contributed by atoms with van der Waals surface area (Å²) in [5.74, 6) is 0. The van der Waals surface area contributed by atoms with E-state index in [0.29, 0.717) is 52.3 Å². The van der Waals surface area contributed by atoms with E-state index in [1.54, 1.807) is 9.13 Å². The van der Waals surface area contributed by atoms with Crippen molar-refractivity contribution in [1.29, 1.82) is 5.26 Å². The molecule has 15 aromatic carbocycles. The van der Waals surface area contributed by atoms with Crippen LogP contribution in [-0.2, 0) is 12.8 Å². The molecule has 2 aromatic heterocycles. The lowest BCUT2D eigenvalue weighted by Gasteiger charge is -2.45. The summed E-state index contributed by atoms with van der Waals surface area (Å²) < 4.78 is 153. The molecule has 17 aromatic rings. The minimum Gasteiger partial charge on any atom is -0.342 e. The summed E-state index contributed by atoms with van der Waals surface area (Å²) in [6.07, 6.45) is 0.809. The van der Waals surface area contributed by atoms with Crippen molar-refractivity contribution in [2.75, 3.05) is 22.9 Å². The second-order valence-electron chi connectivity index (χ2n) is 25.6. The summed E-state index contributed by atoms with van der Waals surface area (Å²) in [7, 11) is 0. The van der Waals surface area contributed by atoms with Gasteiger partial charge in [0.05, 0.1) is 55.6 Å². The number of anilines is 4. The molecule has 0 aliphatic carbocycles. The average molecular weight is 1300 g/mol. The van der Waals surface area contributed by atoms with Crippen molar-refractivity contribution in [3.63, 3.8) is 0 Å². The van der Waals surface area contributed by atoms with Crippen molar-refractivity contribution >= 4 is 89.5 Å². The number of nitriles is 1. The van der Waals surface area contributed by atoms with E-state index in [1.807, 2.05) is 152 Å². The van der Waals surface area contributed by atoms with Crippen molar-refractivity contribution in [1.82, 2.24) is 9.13 Å². The Kier molecular flexibility index (Phi) is 11.0. The number of aromatic nitrogens is 2. The van der Waals surface area contributed by atoms with Crippen LogP contribution in [0.4, 0.5) is 22.7 Å². The first-order valence-electron chi connectivity index (χ1n) is 41.8. The van der Waals surface area contributed by atoms with E-state index < -0.39 is 103 Å². The first-order chi connectivity index (χ1) is 56.7. The van der Waals surface area contributed by atoms with Crippen molar-refractivity contribution in [3.8, 4) is 84.2 Å². The zero-order chi connectivity index (χ0) is 80.8. The third-order valence-electron chi connectivity index (χ3n) is 20.2. The maximum atomic E-state index is 11.2. The number of benzene rings is 15. The molecule has 19 rings (SSSR count). The highest BCUT2D eigenvalue weighted by Gasteiger charge is 2.44. The predicted octanol–water partition coefficient (Wildman–Crippen LogP) is 21.7. The molecule has 474 valence electrons. The van der Waals surface area contributed by atoms with Gasteiger partial charge in [0.1, 0.15) is 0 Å². The van der Waals surface area contributed by atoms with E-state index in [2.05, 4.69) is 119 Å². The van der Waals surface area contributed by atoms with E-state index in [-0.39, 0.29) is 56.7 Å². The molecule has 0 spiro atoms. The molecule has 5 nitrogen and oxygen atoms in total. The van der Waals surface area contributed by atoms with Crippen molar-refractivity contribution < 1.29 is 21.9 Å². The highest BCUT2D eigenvalue weighted by molar-refractivity contribution is 7.00. The zero-order valence-corrected chi connectivity index (χ0v) is 54.4. The van der Waals surface area contributed by atoms with Gasteiger partial charge in [-0.1, -0.05) is 273 Å². The van der Waals surface area contributed by atoms with Crippen LogP contribution in [0.2, 0.25) is 0 Å². The number of para-hydroxylation sites is 4. The quantitative estimate of drug-likeness (QED) is 0.102. The first-order valence-corrected chi connectivity index (χ1v) is 33.8. The normalized spacial score (nSPS) is 14.5. The Hall–Kier alpha value is -12.9. The standard InChI is InChI=1S/C95H66BN5/c97-63-64-56-70(65-26-6-1-7-27-65)58-71(57-64)72-59-93-95-94(60-72)99(55-53-80-77(68-32-12-4-13-33-68)42-25-43-78(80)69-34-14-5-15-35-69)92-62-74(101-89-46-22-18-38-83(89)84-39-19-23-47-90(84)101)49-51-86(92)96(95)85-50-48-73(100-87-44-20-16-36-81(87)82-37-17-21-45-88(82)100)61-91(85)98(93)54-52-79-75(66-28-8-2-9-29-66)40-24-41-76(79)67-30-10-3-11-31-67/h1-51,56-62H,52-55H2/i16D,17D,18D,19D,20D,21D,22D,23D,36D,37D,38D,39D,44D,45D,46D,47D. The van der Waals surface area contributed by atoms with Crippen LogP contribution >= 0.6 is 0 Å². The predicted molar refractivity (Wildman–Crippen MR) is 424 cm³/mol. The highest BCUT2D eigenvalue weighted by Crippen LogP contribution is 2.46. The Morgan fingerprint density at radius 3 is 0.990 bits per heavy atom. The van der Waals surface area contributed by atoms with Crippen LogP contribution in [0.15, 0.2) is 351 Å². The maximum Gasteiger partial charge on any atom is 0.252 e. The van der Waals surface area contributed by atoms with Gasteiger partial charge in [-0.2, -0.15) is 5.26 Å². The molecule has 0 fully saturated rings. The van der Waals surface area contributed by atoms with Crippen LogP contribution in [0.25, 0.3) is 122 Å². The molecule has 6 heteroatoms. The molecule has 0 radical (unpaired) electrons. The topological polar surface area (TPSA) is 40.1 Å². The summed E-state index contributed by atoms with van der Waals surface area (Å²) in [4.78, 5) is 4.60. The van der Waals surface area contributed by atoms with Gasteiger partial charge >= 0.3 is 0 Å². The molecule has 0 unspecified atom stereocenters. The van der Waals surface area contributed by atoms with Crippen LogP contribution in [0, 0.1) is 11.3 Å². The molecule has 0 amide bonds. The molecule has 101 heavy (non-hydrogen) atoms. The monoisotopic (exact) mass is 1300 g/mol. The molecule has 0 N–H and O–H groups in total. The molecule has 2 aliphatic heterocycles. The Morgan fingerprint density at radius 2 is 0.634 bits per heavy atom. The molecule has 0 saturated carbocycles. The van der Waals surface area contributed by atoms with Gasteiger partial charge in [0.25, 0.3) is 6.71 Å². The molecular weight excluding hydrogens is 1220 g/mol. The van der Waals surface area contributed by atoms with Gasteiger partial charge in [-0.25, -0.2) is 0 Å². The van der Waals surface area contributed by atoms with Crippen molar-refractivity contribution in [2.24, 2.45) is 0 Å². The summed E-state index contributed by atoms with van der Waals surface area (Å²) in [5, 5.41) is 10.9. The minimum absolute atomic E-state index is 0.0543. The lowest BCUT2D eigenvalue weighted by atomic mass is 9.33. The fourth-order valence-electron chi connectivity index (χ4n) is 15.8. The summed E-state index contributed by atoms with van der Waals surface area (Å²) in [6, 6.07) is 79.5. The Labute approximate surface area is 611 Å². The van der Waals surface area contributed by atoms with Crippen LogP contribution in [0.3, 0.4) is 0 Å². The van der Waals surface area contributed by atoms with Crippen LogP contribution in [-0.4, -0.2) is 28.9 Å². The van der Waals surface area contributed by atoms with E-state index in [9.17, 15) is 21.7 Å². The van der Waals surface area contributed by atoms with E-state index in [1.165, 1.54) is 0 Å². The lowest BCUT2D eigenvalue weighted by Crippen LogP contribution is -2.62. The number of nitrogens with zero attached hydrogens (tertiary/aromatic N) is 5. The molecular formula is C95H66BN5. The van der Waals surface area contributed by atoms with Crippen LogP contribution in [0.1, 0.15) is 38.6 Å². The molecule has 0 saturated heterocycles. The van der Waals surface area contributed by atoms with E-state index in [0.717, 1.165) is 94.5 Å². The molecule has 4 heterocycles. The number of hydrogen-bond donors (Lipinski definition) is 0. The third kappa shape index (κ3) is 10.2. The SMILES string of the molecule is [2H]c1c([2H])c([2H])c2c(c1[2H])c1c([2H])c([2H])c([2H])c([2H])c1n2-c1ccc2c(c1)N(CCc1c(-c3ccccc3)cccc1-c1ccccc1)c1cc(-c3cc(C#N)cc(-c4ccccc4)c3)cc3c1B2c1ccc(-n2c4c([2H])c([2H])c([2H])c([2H])c4c4c([2H])c([2H])c([2H])c([2H])c42)cc1N3CCc1c(-c2ccccc2)cccc1-c1ccccc1. The number of fused-ring (bicyclic) bond motifs is 10. The fourth-order valence-corrected chi connectivity index (χ4v) is 15.8. The van der Waals surface area contributed by atoms with Gasteiger partial charge in [-0.15, -0.1) is 0 Å². The van der Waals surface area contributed by atoms with Gasteiger partial charge in [-0.05, 0) is 186 Å². The van der Waals surface area contributed by atoms with Crippen LogP contribution in [0.5, 0.6) is 0 Å². The van der Waals surface area contributed by atoms with E-state index >= 15 is 0 Å². The number of hydrogen-bond acceptors (Lipinski definition) is 3. The summed E-state index contributed by atoms with van der Waals surface area (Å²) in [6.45, 7) is -0.183. The third-order valence-corrected chi connectivity index (χ3v) is 20.2. The van der Waals surface area contributed by atoms with Gasteiger partial charge in [0.15, 0.2) is 0 Å². The Morgan fingerprint density at radius 1 is 0.307 bits per heavy atom. The first kappa shape index (κ1) is 44.8. The second kappa shape index (κ2) is 24.9. The van der Waals surface area contributed by atoms with Crippen LogP contribution < -0.4 is 26.2 Å². The molecule has 0 atom stereocenters. The molecule has 2 aliphatic rings. The maximum absolute atomic E-state index is 11.2. The second-order valence-corrected chi connectivity index (χ2v) is 25.6. The van der Waals surface area contributed by atoms with Gasteiger partial charge < -0.3 is 18.9 Å². The van der Waals surface area contributed by atoms with Gasteiger partial charge in [0.2, 0.25) is 0 Å². The highest BCUT2D eigenvalue weighted by atomic mass is 15.2. The summed E-state index contributed by atoms with van der Waals surface area (Å²) in [5.41, 5.74) is 19.1. The molecule has 0 bridgehead atoms. The largest absolute Gasteiger partial charge is 0.342 e. The smallest absolute Gasteiger partial charge is 0.252 e. The van der Waals surface area contributed by atoms with Gasteiger partial charge in [0, 0.05) is 68.8 Å². The van der Waals surface area contributed by atoms with Crippen molar-refractivity contribution in [2.45, 2.75) is 12.8 Å². The van der Waals surface area contributed by atoms with E-state index in [4.69, 9.17) is 5.48 Å². The fraction of sp³-hybridized carbons (Fsp3) is 0.0421. The zero-order valence-electron chi connectivity index (χ0n) is 70.4. The minimum atomic E-state index is -0.719. The van der Waals surface area contributed by atoms with Crippen molar-refractivity contribution in [3.05, 3.63) is 368 Å². The van der Waals surface area contributed by atoms with Gasteiger partial charge in [-0.3, -0.25) is 0 Å². The summed E-state index contributed by atoms with van der Waals surface area (Å²) >= 11 is 0. The lowest BCUT2D eigenvalue weighted by molar-refractivity contribution is 0.906. The Bertz CT molecular complexity index is 6480. The Balaban J connectivity index is 0.950. The number of rotatable bonds is 14.